The van der Waals surface area contributed by atoms with Crippen molar-refractivity contribution in [1.29, 1.82) is 0 Å². The Bertz CT molecular complexity index is 654. The normalized spacial score (nSPS) is 47.9. The van der Waals surface area contributed by atoms with Crippen molar-refractivity contribution in [2.75, 3.05) is 0 Å². The maximum Gasteiger partial charge on any atom is 0.210 e. The first-order valence-corrected chi connectivity index (χ1v) is 11.1. The van der Waals surface area contributed by atoms with Gasteiger partial charge in [0.15, 0.2) is 0 Å². The fraction of sp³-hybridized carbons (Fsp3) is 0.739. The Morgan fingerprint density at radius 1 is 0.852 bits per heavy atom. The smallest absolute Gasteiger partial charge is 0.210 e. The van der Waals surface area contributed by atoms with E-state index in [1.807, 2.05) is 0 Å². The van der Waals surface area contributed by atoms with Gasteiger partial charge in [-0.3, -0.25) is 0 Å². The molecule has 1 N–H and O–H groups in total. The van der Waals surface area contributed by atoms with Crippen LogP contribution in [0.4, 0.5) is 0 Å². The fourth-order valence-electron chi connectivity index (χ4n) is 6.91. The van der Waals surface area contributed by atoms with Crippen molar-refractivity contribution in [2.24, 2.45) is 23.7 Å². The molecule has 6 fully saturated rings. The van der Waals surface area contributed by atoms with Gasteiger partial charge in [-0.25, -0.2) is 0 Å². The van der Waals surface area contributed by atoms with Gasteiger partial charge < -0.3 is 10.1 Å². The van der Waals surface area contributed by atoms with Crippen LogP contribution in [0.2, 0.25) is 0 Å². The molecule has 0 amide bonds. The molecule has 1 aliphatic heterocycles. The van der Waals surface area contributed by atoms with Crippen molar-refractivity contribution in [2.45, 2.75) is 81.9 Å². The summed E-state index contributed by atoms with van der Waals surface area (Å²) >= 11 is 0. The maximum atomic E-state index is 6.79. The zero-order valence-electron chi connectivity index (χ0n) is 16.1. The number of rotatable bonds is 3. The highest BCUT2D eigenvalue weighted by atomic mass is 17.3. The molecule has 1 aromatic rings. The van der Waals surface area contributed by atoms with E-state index in [0.717, 1.165) is 44.1 Å². The predicted octanol–water partition coefficient (Wildman–Crippen LogP) is 4.55. The monoisotopic (exact) mass is 369 g/mol. The Hall–Kier alpha value is -0.940. The molecule has 4 nitrogen and oxygen atoms in total. The second-order valence-electron chi connectivity index (χ2n) is 9.85. The molecule has 0 aromatic heterocycles. The summed E-state index contributed by atoms with van der Waals surface area (Å²) in [6.07, 6.45) is 10.6. The minimum Gasteiger partial charge on any atom is -0.312 e. The van der Waals surface area contributed by atoms with E-state index < -0.39 is 11.6 Å². The minimum atomic E-state index is -0.486. The molecular weight excluding hydrogens is 338 g/mol. The van der Waals surface area contributed by atoms with Gasteiger partial charge in [-0.1, -0.05) is 30.3 Å². The molecule has 5 aliphatic carbocycles. The second-order valence-corrected chi connectivity index (χ2v) is 9.85. The lowest BCUT2D eigenvalue weighted by Crippen LogP contribution is -2.59. The summed E-state index contributed by atoms with van der Waals surface area (Å²) in [5.41, 5.74) is 1.35. The van der Waals surface area contributed by atoms with Crippen molar-refractivity contribution in [1.82, 2.24) is 5.32 Å². The summed E-state index contributed by atoms with van der Waals surface area (Å²) in [6.45, 7) is 0.938. The third-order valence-electron chi connectivity index (χ3n) is 8.13. The number of benzene rings is 1. The van der Waals surface area contributed by atoms with Crippen LogP contribution < -0.4 is 5.32 Å². The van der Waals surface area contributed by atoms with Crippen LogP contribution in [0, 0.1) is 23.7 Å². The molecule has 27 heavy (non-hydrogen) atoms. The Morgan fingerprint density at radius 2 is 1.52 bits per heavy atom. The Balaban J connectivity index is 1.09. The summed E-state index contributed by atoms with van der Waals surface area (Å²) in [6, 6.07) is 11.2. The van der Waals surface area contributed by atoms with Gasteiger partial charge in [0.05, 0.1) is 0 Å². The van der Waals surface area contributed by atoms with Gasteiger partial charge in [0, 0.05) is 37.3 Å². The van der Waals surface area contributed by atoms with Gasteiger partial charge in [-0.15, -0.1) is 0 Å². The predicted molar refractivity (Wildman–Crippen MR) is 101 cm³/mol. The molecule has 4 heteroatoms. The highest BCUT2D eigenvalue weighted by Gasteiger charge is 2.66. The second kappa shape index (κ2) is 6.28. The molecule has 1 saturated heterocycles. The maximum absolute atomic E-state index is 6.79. The molecule has 0 radical (unpaired) electrons. The molecule has 0 unspecified atom stereocenters. The highest BCUT2D eigenvalue weighted by molar-refractivity contribution is 5.14. The van der Waals surface area contributed by atoms with E-state index >= 15 is 0 Å². The summed E-state index contributed by atoms with van der Waals surface area (Å²) in [5, 5.41) is 3.71. The number of ether oxygens (including phenoxy) is 1. The molecule has 2 spiro atoms. The van der Waals surface area contributed by atoms with E-state index in [-0.39, 0.29) is 0 Å². The average molecular weight is 370 g/mol. The molecule has 1 heterocycles. The van der Waals surface area contributed by atoms with Crippen LogP contribution in [-0.4, -0.2) is 17.6 Å². The average Bonchev–Trinajstić information content (AvgIpc) is 3.06. The molecule has 0 atom stereocenters. The molecule has 1 aromatic carbocycles. The molecule has 6 aliphatic rings. The van der Waals surface area contributed by atoms with Crippen LogP contribution in [-0.2, 0) is 21.1 Å². The summed E-state index contributed by atoms with van der Waals surface area (Å²) in [7, 11) is 0. The van der Waals surface area contributed by atoms with Crippen LogP contribution in [0.1, 0.15) is 63.4 Å². The number of nitrogens with one attached hydrogen (secondary N) is 1. The van der Waals surface area contributed by atoms with Crippen LogP contribution in [0.3, 0.4) is 0 Å². The number of hydrogen-bond acceptors (Lipinski definition) is 4. The van der Waals surface area contributed by atoms with E-state index in [4.69, 9.17) is 14.5 Å². The summed E-state index contributed by atoms with van der Waals surface area (Å²) < 4.78 is 6.79. The van der Waals surface area contributed by atoms with Crippen molar-refractivity contribution in [3.8, 4) is 0 Å². The van der Waals surface area contributed by atoms with Crippen LogP contribution in [0.5, 0.6) is 0 Å². The Morgan fingerprint density at radius 3 is 2.19 bits per heavy atom. The largest absolute Gasteiger partial charge is 0.312 e. The lowest BCUT2D eigenvalue weighted by atomic mass is 9.53. The molecular formula is C23H31NO3. The van der Waals surface area contributed by atoms with Crippen molar-refractivity contribution >= 4 is 0 Å². The first-order chi connectivity index (χ1) is 13.2. The van der Waals surface area contributed by atoms with Crippen LogP contribution in [0.25, 0.3) is 0 Å². The van der Waals surface area contributed by atoms with Crippen molar-refractivity contribution in [3.63, 3.8) is 0 Å². The third-order valence-corrected chi connectivity index (χ3v) is 8.13. The van der Waals surface area contributed by atoms with Gasteiger partial charge in [-0.2, -0.15) is 9.78 Å². The van der Waals surface area contributed by atoms with Crippen molar-refractivity contribution < 1.29 is 14.5 Å². The lowest BCUT2D eigenvalue weighted by molar-refractivity contribution is -0.390. The highest BCUT2D eigenvalue weighted by Crippen LogP contribution is 2.63. The standard InChI is InChI=1S/C23H31NO3/c1-2-4-16(5-3-1)15-24-21-6-8-22(9-7-21)25-23(27-26-22)19-11-17-10-18(13-19)14-20(23)12-17/h1-5,17-21,24H,6-15H2. The van der Waals surface area contributed by atoms with Crippen molar-refractivity contribution in [3.05, 3.63) is 35.9 Å². The molecule has 146 valence electrons. The fourth-order valence-corrected chi connectivity index (χ4v) is 6.91. The minimum absolute atomic E-state index is 0.419. The number of hydrogen-bond donors (Lipinski definition) is 1. The van der Waals surface area contributed by atoms with Gasteiger partial charge >= 0.3 is 0 Å². The summed E-state index contributed by atoms with van der Waals surface area (Å²) in [5.74, 6) is 2.04. The Labute approximate surface area is 161 Å². The third kappa shape index (κ3) is 2.79. The summed E-state index contributed by atoms with van der Waals surface area (Å²) in [4.78, 5) is 12.2. The molecule has 7 rings (SSSR count). The zero-order chi connectivity index (χ0) is 17.9. The van der Waals surface area contributed by atoms with E-state index in [1.54, 1.807) is 0 Å². The quantitative estimate of drug-likeness (QED) is 0.794. The Kier molecular flexibility index (Phi) is 3.95. The SMILES string of the molecule is c1ccc(CNC2CCC3(CC2)OOC2(O3)C3CC4CC(C3)CC2C4)cc1. The first-order valence-electron chi connectivity index (χ1n) is 11.1. The van der Waals surface area contributed by atoms with E-state index in [1.165, 1.54) is 37.7 Å². The van der Waals surface area contributed by atoms with Gasteiger partial charge in [0.2, 0.25) is 11.6 Å². The van der Waals surface area contributed by atoms with Gasteiger partial charge in [-0.05, 0) is 62.3 Å². The van der Waals surface area contributed by atoms with E-state index in [2.05, 4.69) is 35.6 Å². The zero-order valence-corrected chi connectivity index (χ0v) is 16.1. The van der Waals surface area contributed by atoms with Crippen LogP contribution >= 0.6 is 0 Å². The molecule has 4 bridgehead atoms. The lowest BCUT2D eigenvalue weighted by Gasteiger charge is -2.57. The molecule has 5 saturated carbocycles. The van der Waals surface area contributed by atoms with Gasteiger partial charge in [0.1, 0.15) is 0 Å². The van der Waals surface area contributed by atoms with E-state index in [9.17, 15) is 0 Å². The van der Waals surface area contributed by atoms with Crippen LogP contribution in [0.15, 0.2) is 30.3 Å². The van der Waals surface area contributed by atoms with Gasteiger partial charge in [0.25, 0.3) is 0 Å². The first kappa shape index (κ1) is 17.0. The topological polar surface area (TPSA) is 39.7 Å². The van der Waals surface area contributed by atoms with E-state index in [0.29, 0.717) is 17.9 Å².